The van der Waals surface area contributed by atoms with Crippen LogP contribution in [0, 0.1) is 5.92 Å². The van der Waals surface area contributed by atoms with Gasteiger partial charge in [-0.1, -0.05) is 6.92 Å². The Morgan fingerprint density at radius 2 is 2.00 bits per heavy atom. The third kappa shape index (κ3) is 3.70. The molecular weight excluding hydrogens is 316 g/mol. The van der Waals surface area contributed by atoms with Crippen LogP contribution in [0.1, 0.15) is 44.3 Å². The zero-order chi connectivity index (χ0) is 13.9. The van der Waals surface area contributed by atoms with E-state index in [4.69, 9.17) is 0 Å². The van der Waals surface area contributed by atoms with Gasteiger partial charge in [0, 0.05) is 18.5 Å². The van der Waals surface area contributed by atoms with E-state index < -0.39 is 0 Å². The Morgan fingerprint density at radius 1 is 1.25 bits per heavy atom. The van der Waals surface area contributed by atoms with E-state index in [1.165, 1.54) is 45.3 Å². The molecule has 0 aromatic carbocycles. The molecule has 20 heavy (non-hydrogen) atoms. The standard InChI is InChI=1S/C15H23BrN4/c1-2-20-7-5-11(6-8-20)10-17-14-9-13(16)18-15(19-14)12-3-4-12/h9,11-12H,2-8,10H2,1H3,(H,17,18,19). The Kier molecular flexibility index (Phi) is 4.56. The number of nitrogens with one attached hydrogen (secondary N) is 1. The van der Waals surface area contributed by atoms with Crippen molar-refractivity contribution in [2.45, 2.75) is 38.5 Å². The summed E-state index contributed by atoms with van der Waals surface area (Å²) >= 11 is 3.49. The fourth-order valence-electron chi connectivity index (χ4n) is 2.81. The first-order valence-electron chi connectivity index (χ1n) is 7.75. The number of rotatable bonds is 5. The molecule has 2 heterocycles. The lowest BCUT2D eigenvalue weighted by molar-refractivity contribution is 0.198. The number of piperidine rings is 1. The minimum absolute atomic E-state index is 0.598. The van der Waals surface area contributed by atoms with Crippen LogP contribution in [0.2, 0.25) is 0 Å². The van der Waals surface area contributed by atoms with E-state index in [1.807, 2.05) is 6.07 Å². The second kappa shape index (κ2) is 6.39. The number of anilines is 1. The molecule has 0 bridgehead atoms. The summed E-state index contributed by atoms with van der Waals surface area (Å²) in [5.74, 6) is 3.35. The molecule has 110 valence electrons. The zero-order valence-electron chi connectivity index (χ0n) is 12.1. The number of aromatic nitrogens is 2. The normalized spacial score (nSPS) is 21.1. The molecule has 0 atom stereocenters. The summed E-state index contributed by atoms with van der Waals surface area (Å²) in [6, 6.07) is 1.99. The van der Waals surface area contributed by atoms with Crippen LogP contribution in [-0.2, 0) is 0 Å². The van der Waals surface area contributed by atoms with E-state index in [1.54, 1.807) is 0 Å². The van der Waals surface area contributed by atoms with Gasteiger partial charge in [0.05, 0.1) is 0 Å². The summed E-state index contributed by atoms with van der Waals surface area (Å²) < 4.78 is 0.901. The molecule has 1 N–H and O–H groups in total. The van der Waals surface area contributed by atoms with Crippen LogP contribution < -0.4 is 5.32 Å². The molecule has 1 saturated heterocycles. The van der Waals surface area contributed by atoms with Crippen LogP contribution >= 0.6 is 15.9 Å². The van der Waals surface area contributed by atoms with Gasteiger partial charge in [0.25, 0.3) is 0 Å². The maximum Gasteiger partial charge on any atom is 0.135 e. The fourth-order valence-corrected chi connectivity index (χ4v) is 3.20. The van der Waals surface area contributed by atoms with Crippen molar-refractivity contribution < 1.29 is 0 Å². The Bertz CT molecular complexity index is 453. The average Bonchev–Trinajstić information content (AvgIpc) is 3.30. The first-order chi connectivity index (χ1) is 9.74. The molecule has 4 nitrogen and oxygen atoms in total. The summed E-state index contributed by atoms with van der Waals surface area (Å²) in [6.45, 7) is 6.94. The van der Waals surface area contributed by atoms with Crippen molar-refractivity contribution in [2.75, 3.05) is 31.5 Å². The van der Waals surface area contributed by atoms with Gasteiger partial charge in [-0.05, 0) is 67.2 Å². The molecule has 1 aliphatic heterocycles. The third-order valence-corrected chi connectivity index (χ3v) is 4.79. The van der Waals surface area contributed by atoms with Gasteiger partial charge in [-0.3, -0.25) is 0 Å². The van der Waals surface area contributed by atoms with Crippen LogP contribution in [0.3, 0.4) is 0 Å². The zero-order valence-corrected chi connectivity index (χ0v) is 13.7. The van der Waals surface area contributed by atoms with Crippen molar-refractivity contribution in [3.8, 4) is 0 Å². The molecule has 0 spiro atoms. The van der Waals surface area contributed by atoms with Gasteiger partial charge < -0.3 is 10.2 Å². The maximum atomic E-state index is 4.65. The molecule has 2 aliphatic rings. The van der Waals surface area contributed by atoms with Gasteiger partial charge in [0.15, 0.2) is 0 Å². The highest BCUT2D eigenvalue weighted by atomic mass is 79.9. The summed E-state index contributed by atoms with van der Waals surface area (Å²) in [7, 11) is 0. The summed E-state index contributed by atoms with van der Waals surface area (Å²) in [5.41, 5.74) is 0. The lowest BCUT2D eigenvalue weighted by Gasteiger charge is -2.31. The smallest absolute Gasteiger partial charge is 0.135 e. The van der Waals surface area contributed by atoms with Gasteiger partial charge in [0.2, 0.25) is 0 Å². The predicted molar refractivity (Wildman–Crippen MR) is 85.0 cm³/mol. The lowest BCUT2D eigenvalue weighted by atomic mass is 9.97. The minimum atomic E-state index is 0.598. The van der Waals surface area contributed by atoms with Crippen LogP contribution in [0.25, 0.3) is 0 Å². The molecule has 0 radical (unpaired) electrons. The third-order valence-electron chi connectivity index (χ3n) is 4.38. The fraction of sp³-hybridized carbons (Fsp3) is 0.733. The molecule has 2 fully saturated rings. The van der Waals surface area contributed by atoms with Crippen molar-refractivity contribution in [1.82, 2.24) is 14.9 Å². The molecule has 1 saturated carbocycles. The number of hydrogen-bond donors (Lipinski definition) is 1. The topological polar surface area (TPSA) is 41.0 Å². The summed E-state index contributed by atoms with van der Waals surface area (Å²) in [4.78, 5) is 11.6. The van der Waals surface area contributed by atoms with Crippen LogP contribution in [0.5, 0.6) is 0 Å². The molecule has 3 rings (SSSR count). The minimum Gasteiger partial charge on any atom is -0.370 e. The molecule has 0 amide bonds. The Labute approximate surface area is 129 Å². The summed E-state index contributed by atoms with van der Waals surface area (Å²) in [6.07, 6.45) is 5.07. The highest BCUT2D eigenvalue weighted by Crippen LogP contribution is 2.38. The lowest BCUT2D eigenvalue weighted by Crippen LogP contribution is -2.35. The second-order valence-electron chi connectivity index (χ2n) is 5.97. The van der Waals surface area contributed by atoms with Crippen molar-refractivity contribution in [3.63, 3.8) is 0 Å². The van der Waals surface area contributed by atoms with Gasteiger partial charge in [0.1, 0.15) is 16.2 Å². The SMILES string of the molecule is CCN1CCC(CNc2cc(Br)nc(C3CC3)n2)CC1. The van der Waals surface area contributed by atoms with E-state index >= 15 is 0 Å². The number of hydrogen-bond acceptors (Lipinski definition) is 4. The van der Waals surface area contributed by atoms with Crippen molar-refractivity contribution >= 4 is 21.7 Å². The quantitative estimate of drug-likeness (QED) is 0.836. The van der Waals surface area contributed by atoms with Crippen molar-refractivity contribution in [2.24, 2.45) is 5.92 Å². The molecule has 1 aromatic heterocycles. The molecular formula is C15H23BrN4. The van der Waals surface area contributed by atoms with Crippen LogP contribution in [0.15, 0.2) is 10.7 Å². The number of likely N-dealkylation sites (tertiary alicyclic amines) is 1. The second-order valence-corrected chi connectivity index (χ2v) is 6.78. The number of nitrogens with zero attached hydrogens (tertiary/aromatic N) is 3. The van der Waals surface area contributed by atoms with E-state index in [2.05, 4.69) is 43.0 Å². The molecule has 5 heteroatoms. The monoisotopic (exact) mass is 338 g/mol. The van der Waals surface area contributed by atoms with E-state index in [0.717, 1.165) is 28.7 Å². The van der Waals surface area contributed by atoms with Crippen molar-refractivity contribution in [1.29, 1.82) is 0 Å². The Morgan fingerprint density at radius 3 is 2.65 bits per heavy atom. The highest BCUT2D eigenvalue weighted by molar-refractivity contribution is 9.10. The van der Waals surface area contributed by atoms with Gasteiger partial charge in [-0.2, -0.15) is 0 Å². The predicted octanol–water partition coefficient (Wildman–Crippen LogP) is 3.26. The van der Waals surface area contributed by atoms with Crippen LogP contribution in [-0.4, -0.2) is 41.0 Å². The van der Waals surface area contributed by atoms with Gasteiger partial charge in [-0.25, -0.2) is 9.97 Å². The van der Waals surface area contributed by atoms with E-state index in [-0.39, 0.29) is 0 Å². The average molecular weight is 339 g/mol. The number of halogens is 1. The largest absolute Gasteiger partial charge is 0.370 e. The maximum absolute atomic E-state index is 4.65. The van der Waals surface area contributed by atoms with Gasteiger partial charge in [-0.15, -0.1) is 0 Å². The Hall–Kier alpha value is -0.680. The van der Waals surface area contributed by atoms with Gasteiger partial charge >= 0.3 is 0 Å². The van der Waals surface area contributed by atoms with Crippen LogP contribution in [0.4, 0.5) is 5.82 Å². The van der Waals surface area contributed by atoms with E-state index in [9.17, 15) is 0 Å². The first kappa shape index (κ1) is 14.3. The molecule has 1 aromatic rings. The van der Waals surface area contributed by atoms with E-state index in [0.29, 0.717) is 5.92 Å². The molecule has 0 unspecified atom stereocenters. The summed E-state index contributed by atoms with van der Waals surface area (Å²) in [5, 5.41) is 3.51. The highest BCUT2D eigenvalue weighted by Gasteiger charge is 2.27. The van der Waals surface area contributed by atoms with Crippen molar-refractivity contribution in [3.05, 3.63) is 16.5 Å². The Balaban J connectivity index is 1.53. The first-order valence-corrected chi connectivity index (χ1v) is 8.54. The molecule has 1 aliphatic carbocycles.